The molecule has 1 fully saturated rings. The number of nitrogens with zero attached hydrogens (tertiary/aromatic N) is 1. The highest BCUT2D eigenvalue weighted by atomic mass is 79.9. The highest BCUT2D eigenvalue weighted by Gasteiger charge is 2.30. The van der Waals surface area contributed by atoms with E-state index < -0.39 is 11.0 Å². The van der Waals surface area contributed by atoms with E-state index in [2.05, 4.69) is 44.5 Å². The van der Waals surface area contributed by atoms with Gasteiger partial charge in [0.2, 0.25) is 0 Å². The molecular weight excluding hydrogens is 322 g/mol. The number of rotatable bonds is 2. The van der Waals surface area contributed by atoms with Crippen LogP contribution < -0.4 is 0 Å². The molecule has 0 bridgehead atoms. The van der Waals surface area contributed by atoms with Crippen LogP contribution in [0.25, 0.3) is 0 Å². The third-order valence-electron chi connectivity index (χ3n) is 3.48. The molecule has 1 aliphatic rings. The van der Waals surface area contributed by atoms with E-state index in [1.165, 1.54) is 12.0 Å². The Labute approximate surface area is 127 Å². The molecule has 0 saturated carbocycles. The molecule has 0 unspecified atom stereocenters. The number of piperidine rings is 1. The van der Waals surface area contributed by atoms with Crippen LogP contribution in [0.5, 0.6) is 0 Å². The van der Waals surface area contributed by atoms with Gasteiger partial charge in [-0.3, -0.25) is 0 Å². The molecular formula is C15H22BrNOS. The third-order valence-corrected chi connectivity index (χ3v) is 5.86. The Kier molecular flexibility index (Phi) is 4.85. The minimum Gasteiger partial charge on any atom is -0.242 e. The maximum absolute atomic E-state index is 12.5. The summed E-state index contributed by atoms with van der Waals surface area (Å²) in [6, 6.07) is 8.54. The first-order chi connectivity index (χ1) is 8.88. The molecule has 4 heteroatoms. The molecule has 0 spiro atoms. The summed E-state index contributed by atoms with van der Waals surface area (Å²) in [7, 11) is -0.899. The second-order valence-corrected chi connectivity index (χ2v) is 9.30. The molecule has 0 aromatic heterocycles. The van der Waals surface area contributed by atoms with Gasteiger partial charge in [-0.1, -0.05) is 28.1 Å². The van der Waals surface area contributed by atoms with Crippen molar-refractivity contribution in [3.05, 3.63) is 34.3 Å². The van der Waals surface area contributed by atoms with E-state index in [0.717, 1.165) is 24.0 Å². The van der Waals surface area contributed by atoms with Crippen LogP contribution in [0.4, 0.5) is 0 Å². The zero-order valence-electron chi connectivity index (χ0n) is 11.9. The molecule has 19 heavy (non-hydrogen) atoms. The second kappa shape index (κ2) is 6.06. The Morgan fingerprint density at radius 3 is 2.47 bits per heavy atom. The molecule has 0 amide bonds. The lowest BCUT2D eigenvalue weighted by molar-refractivity contribution is 0.325. The van der Waals surface area contributed by atoms with Gasteiger partial charge in [0.15, 0.2) is 0 Å². The summed E-state index contributed by atoms with van der Waals surface area (Å²) in [6.07, 6.45) is 2.32. The predicted molar refractivity (Wildman–Crippen MR) is 85.6 cm³/mol. The Bertz CT molecular complexity index is 452. The highest BCUT2D eigenvalue weighted by molar-refractivity contribution is 9.10. The van der Waals surface area contributed by atoms with Crippen molar-refractivity contribution in [2.24, 2.45) is 0 Å². The van der Waals surface area contributed by atoms with Crippen LogP contribution in [0.2, 0.25) is 0 Å². The third kappa shape index (κ3) is 3.89. The number of hydrogen-bond donors (Lipinski definition) is 0. The van der Waals surface area contributed by atoms with Crippen LogP contribution in [-0.4, -0.2) is 26.4 Å². The van der Waals surface area contributed by atoms with Crippen molar-refractivity contribution in [2.75, 3.05) is 13.1 Å². The first kappa shape index (κ1) is 15.2. The molecule has 2 atom stereocenters. The average Bonchev–Trinajstić information content (AvgIpc) is 2.38. The summed E-state index contributed by atoms with van der Waals surface area (Å²) in [5.41, 5.74) is 1.36. The van der Waals surface area contributed by atoms with Crippen LogP contribution in [0.3, 0.4) is 0 Å². The van der Waals surface area contributed by atoms with E-state index in [9.17, 15) is 4.21 Å². The fourth-order valence-electron chi connectivity index (χ4n) is 2.49. The van der Waals surface area contributed by atoms with E-state index in [0.29, 0.717) is 5.92 Å². The SMILES string of the molecule is CC(C)(C)[S@@](=O)N1CCC[C@@H](c2ccc(Br)cc2)C1. The lowest BCUT2D eigenvalue weighted by Gasteiger charge is -2.35. The average molecular weight is 344 g/mol. The number of benzene rings is 1. The Balaban J connectivity index is 2.09. The quantitative estimate of drug-likeness (QED) is 0.791. The van der Waals surface area contributed by atoms with E-state index in [1.807, 2.05) is 20.8 Å². The summed E-state index contributed by atoms with van der Waals surface area (Å²) < 4.78 is 15.6. The summed E-state index contributed by atoms with van der Waals surface area (Å²) >= 11 is 3.47. The first-order valence-corrected chi connectivity index (χ1v) is 8.70. The summed E-state index contributed by atoms with van der Waals surface area (Å²) in [4.78, 5) is 0. The Hall–Kier alpha value is -0.190. The molecule has 1 aliphatic heterocycles. The Morgan fingerprint density at radius 2 is 1.89 bits per heavy atom. The van der Waals surface area contributed by atoms with Crippen LogP contribution >= 0.6 is 15.9 Å². The molecule has 0 aliphatic carbocycles. The van der Waals surface area contributed by atoms with Gasteiger partial charge in [0, 0.05) is 17.6 Å². The lowest BCUT2D eigenvalue weighted by atomic mass is 9.92. The zero-order chi connectivity index (χ0) is 14.0. The summed E-state index contributed by atoms with van der Waals surface area (Å²) in [5, 5.41) is 0. The van der Waals surface area contributed by atoms with Crippen molar-refractivity contribution in [2.45, 2.75) is 44.3 Å². The van der Waals surface area contributed by atoms with Gasteiger partial charge < -0.3 is 0 Å². The van der Waals surface area contributed by atoms with Gasteiger partial charge in [0.1, 0.15) is 0 Å². The molecule has 1 heterocycles. The summed E-state index contributed by atoms with van der Waals surface area (Å²) in [5.74, 6) is 0.508. The molecule has 2 nitrogen and oxygen atoms in total. The van der Waals surface area contributed by atoms with Crippen molar-refractivity contribution in [3.8, 4) is 0 Å². The van der Waals surface area contributed by atoms with Crippen LogP contribution in [0.1, 0.15) is 45.1 Å². The normalized spacial score (nSPS) is 23.3. The van der Waals surface area contributed by atoms with Crippen LogP contribution in [-0.2, 0) is 11.0 Å². The second-order valence-electron chi connectivity index (χ2n) is 6.14. The van der Waals surface area contributed by atoms with Gasteiger partial charge in [0.05, 0.1) is 15.7 Å². The first-order valence-electron chi connectivity index (χ1n) is 6.80. The van der Waals surface area contributed by atoms with E-state index in [-0.39, 0.29) is 4.75 Å². The minimum atomic E-state index is -0.899. The van der Waals surface area contributed by atoms with Gasteiger partial charge in [-0.2, -0.15) is 0 Å². The maximum Gasteiger partial charge on any atom is 0.0997 e. The smallest absolute Gasteiger partial charge is 0.0997 e. The van der Waals surface area contributed by atoms with Crippen LogP contribution in [0, 0.1) is 0 Å². The van der Waals surface area contributed by atoms with Crippen molar-refractivity contribution in [1.29, 1.82) is 0 Å². The predicted octanol–water partition coefficient (Wildman–Crippen LogP) is 4.09. The van der Waals surface area contributed by atoms with Gasteiger partial charge in [0.25, 0.3) is 0 Å². The molecule has 106 valence electrons. The fraction of sp³-hybridized carbons (Fsp3) is 0.600. The molecule has 1 saturated heterocycles. The largest absolute Gasteiger partial charge is 0.242 e. The highest BCUT2D eigenvalue weighted by Crippen LogP contribution is 2.30. The van der Waals surface area contributed by atoms with E-state index in [1.54, 1.807) is 0 Å². The monoisotopic (exact) mass is 343 g/mol. The van der Waals surface area contributed by atoms with Gasteiger partial charge in [-0.15, -0.1) is 0 Å². The van der Waals surface area contributed by atoms with E-state index >= 15 is 0 Å². The fourth-order valence-corrected chi connectivity index (χ4v) is 4.14. The molecule has 1 aromatic carbocycles. The van der Waals surface area contributed by atoms with Crippen LogP contribution in [0.15, 0.2) is 28.7 Å². The Morgan fingerprint density at radius 1 is 1.26 bits per heavy atom. The van der Waals surface area contributed by atoms with Crippen molar-refractivity contribution in [3.63, 3.8) is 0 Å². The van der Waals surface area contributed by atoms with Crippen molar-refractivity contribution in [1.82, 2.24) is 4.31 Å². The van der Waals surface area contributed by atoms with Gasteiger partial charge in [-0.25, -0.2) is 8.51 Å². The van der Waals surface area contributed by atoms with Crippen molar-refractivity contribution < 1.29 is 4.21 Å². The molecule has 2 rings (SSSR count). The van der Waals surface area contributed by atoms with Gasteiger partial charge >= 0.3 is 0 Å². The molecule has 0 N–H and O–H groups in total. The lowest BCUT2D eigenvalue weighted by Crippen LogP contribution is -2.42. The molecule has 1 aromatic rings. The van der Waals surface area contributed by atoms with Crippen molar-refractivity contribution >= 4 is 26.9 Å². The number of hydrogen-bond acceptors (Lipinski definition) is 1. The van der Waals surface area contributed by atoms with Gasteiger partial charge in [-0.05, 0) is 57.2 Å². The minimum absolute atomic E-state index is 0.165. The van der Waals surface area contributed by atoms with E-state index in [4.69, 9.17) is 0 Å². The molecule has 0 radical (unpaired) electrons. The maximum atomic E-state index is 12.5. The summed E-state index contributed by atoms with van der Waals surface area (Å²) in [6.45, 7) is 8.01. The zero-order valence-corrected chi connectivity index (χ0v) is 14.3. The topological polar surface area (TPSA) is 20.3 Å². The number of halogens is 1. The standard InChI is InChI=1S/C15H22BrNOS/c1-15(2,3)19(18)17-10-4-5-13(11-17)12-6-8-14(16)9-7-12/h6-9,13H,4-5,10-11H2,1-3H3/t13-,19-/m1/s1.